The van der Waals surface area contributed by atoms with Gasteiger partial charge in [0, 0.05) is 0 Å². The second-order valence-electron chi connectivity index (χ2n) is 3.85. The molecule has 1 aliphatic heterocycles. The third-order valence-corrected chi connectivity index (χ3v) is 2.51. The zero-order valence-corrected chi connectivity index (χ0v) is 9.20. The lowest BCUT2D eigenvalue weighted by Crippen LogP contribution is -2.39. The Kier molecular flexibility index (Phi) is 5.08. The molecule has 15 heavy (non-hydrogen) atoms. The van der Waals surface area contributed by atoms with Gasteiger partial charge in [0.1, 0.15) is 0 Å². The molecule has 1 heterocycles. The van der Waals surface area contributed by atoms with Crippen molar-refractivity contribution in [3.05, 3.63) is 12.2 Å². The summed E-state index contributed by atoms with van der Waals surface area (Å²) in [5.74, 6) is -1.44. The largest absolute Gasteiger partial charge is 0.391 e. The number of unbranched alkanes of at least 4 members (excludes halogenated alkanes) is 5. The maximum absolute atomic E-state index is 10.8. The smallest absolute Gasteiger partial charge is 0.331 e. The summed E-state index contributed by atoms with van der Waals surface area (Å²) in [6.45, 7) is 2.19. The highest BCUT2D eigenvalue weighted by atomic mass is 16.6. The standard InChI is InChI=1S/C12H18O3/c1-2-3-4-5-6-7-8-9-10-11(13)15-12(10)14/h8-10H,2-7H2,1H3/b9-8+. The van der Waals surface area contributed by atoms with E-state index in [9.17, 15) is 9.59 Å². The maximum atomic E-state index is 10.8. The van der Waals surface area contributed by atoms with Crippen LogP contribution in [0.25, 0.3) is 0 Å². The third kappa shape index (κ3) is 3.86. The predicted molar refractivity (Wildman–Crippen MR) is 57.1 cm³/mol. The number of esters is 2. The molecule has 1 saturated heterocycles. The first-order valence-corrected chi connectivity index (χ1v) is 5.68. The highest BCUT2D eigenvalue weighted by Gasteiger charge is 2.39. The molecule has 3 heteroatoms. The molecule has 0 radical (unpaired) electrons. The van der Waals surface area contributed by atoms with Crippen molar-refractivity contribution in [2.75, 3.05) is 0 Å². The molecule has 3 nitrogen and oxygen atoms in total. The molecule has 0 saturated carbocycles. The Balaban J connectivity index is 2.02. The minimum atomic E-state index is -0.611. The van der Waals surface area contributed by atoms with Crippen LogP contribution in [0.1, 0.15) is 45.4 Å². The fourth-order valence-electron chi connectivity index (χ4n) is 1.52. The quantitative estimate of drug-likeness (QED) is 0.281. The van der Waals surface area contributed by atoms with Gasteiger partial charge in [0.2, 0.25) is 0 Å². The number of allylic oxidation sites excluding steroid dienone is 1. The highest BCUT2D eigenvalue weighted by Crippen LogP contribution is 2.16. The van der Waals surface area contributed by atoms with Crippen molar-refractivity contribution in [1.82, 2.24) is 0 Å². The Morgan fingerprint density at radius 3 is 2.40 bits per heavy atom. The van der Waals surface area contributed by atoms with Gasteiger partial charge in [-0.25, -0.2) is 0 Å². The van der Waals surface area contributed by atoms with Crippen LogP contribution in [0.5, 0.6) is 0 Å². The monoisotopic (exact) mass is 210 g/mol. The molecule has 0 spiro atoms. The van der Waals surface area contributed by atoms with Crippen molar-refractivity contribution in [3.63, 3.8) is 0 Å². The number of cyclic esters (lactones) is 2. The van der Waals surface area contributed by atoms with E-state index in [0.717, 1.165) is 12.8 Å². The summed E-state index contributed by atoms with van der Waals surface area (Å²) in [5.41, 5.74) is 0. The van der Waals surface area contributed by atoms with Crippen molar-refractivity contribution < 1.29 is 14.3 Å². The second kappa shape index (κ2) is 6.38. The van der Waals surface area contributed by atoms with Crippen LogP contribution in [0.4, 0.5) is 0 Å². The van der Waals surface area contributed by atoms with Crippen LogP contribution in [0.2, 0.25) is 0 Å². The predicted octanol–water partition coefficient (Wildman–Crippen LogP) is 2.60. The molecule has 0 bridgehead atoms. The number of rotatable bonds is 7. The molecule has 0 N–H and O–H groups in total. The molecule has 0 aliphatic carbocycles. The second-order valence-corrected chi connectivity index (χ2v) is 3.85. The first kappa shape index (κ1) is 12.0. The zero-order chi connectivity index (χ0) is 11.1. The van der Waals surface area contributed by atoms with Crippen molar-refractivity contribution in [2.24, 2.45) is 5.92 Å². The van der Waals surface area contributed by atoms with Gasteiger partial charge in [0.25, 0.3) is 0 Å². The van der Waals surface area contributed by atoms with Crippen LogP contribution in [-0.4, -0.2) is 11.9 Å². The van der Waals surface area contributed by atoms with Crippen LogP contribution in [0.15, 0.2) is 12.2 Å². The van der Waals surface area contributed by atoms with Crippen molar-refractivity contribution >= 4 is 11.9 Å². The molecule has 0 aromatic rings. The van der Waals surface area contributed by atoms with Crippen molar-refractivity contribution in [1.29, 1.82) is 0 Å². The first-order chi connectivity index (χ1) is 7.25. The van der Waals surface area contributed by atoms with E-state index in [1.165, 1.54) is 25.7 Å². The van der Waals surface area contributed by atoms with E-state index in [1.54, 1.807) is 6.08 Å². The van der Waals surface area contributed by atoms with Gasteiger partial charge in [0.15, 0.2) is 5.92 Å². The van der Waals surface area contributed by atoms with Crippen LogP contribution >= 0.6 is 0 Å². The topological polar surface area (TPSA) is 43.4 Å². The Morgan fingerprint density at radius 1 is 1.13 bits per heavy atom. The summed E-state index contributed by atoms with van der Waals surface area (Å²) in [7, 11) is 0. The number of ether oxygens (including phenoxy) is 1. The van der Waals surface area contributed by atoms with Gasteiger partial charge in [-0.3, -0.25) is 9.59 Å². The van der Waals surface area contributed by atoms with Gasteiger partial charge in [-0.05, 0) is 12.8 Å². The molecule has 1 aliphatic rings. The molecular formula is C12H18O3. The number of carbonyl (C=O) groups excluding carboxylic acids is 2. The van der Waals surface area contributed by atoms with Crippen molar-refractivity contribution in [2.45, 2.75) is 45.4 Å². The van der Waals surface area contributed by atoms with E-state index in [-0.39, 0.29) is 0 Å². The molecule has 0 atom stereocenters. The number of hydrogen-bond donors (Lipinski definition) is 0. The Morgan fingerprint density at radius 2 is 1.80 bits per heavy atom. The summed E-state index contributed by atoms with van der Waals surface area (Å²) in [5, 5.41) is 0. The SMILES string of the molecule is CCCCCCC/C=C/C1C(=O)OC1=O. The molecule has 0 aromatic carbocycles. The maximum Gasteiger partial charge on any atom is 0.331 e. The van der Waals surface area contributed by atoms with E-state index >= 15 is 0 Å². The van der Waals surface area contributed by atoms with Crippen molar-refractivity contribution in [3.8, 4) is 0 Å². The lowest BCUT2D eigenvalue weighted by atomic mass is 10.0. The van der Waals surface area contributed by atoms with Crippen LogP contribution in [0, 0.1) is 5.92 Å². The van der Waals surface area contributed by atoms with Crippen LogP contribution in [0.3, 0.4) is 0 Å². The number of carbonyl (C=O) groups is 2. The highest BCUT2D eigenvalue weighted by molar-refractivity contribution is 6.11. The summed E-state index contributed by atoms with van der Waals surface area (Å²) in [6.07, 6.45) is 10.7. The molecule has 84 valence electrons. The van der Waals surface area contributed by atoms with Gasteiger partial charge >= 0.3 is 11.9 Å². The minimum absolute atomic E-state index is 0.415. The molecule has 0 unspecified atom stereocenters. The fourth-order valence-corrected chi connectivity index (χ4v) is 1.52. The molecule has 1 fully saturated rings. The lowest BCUT2D eigenvalue weighted by Gasteiger charge is -2.17. The van der Waals surface area contributed by atoms with Crippen LogP contribution in [-0.2, 0) is 14.3 Å². The lowest BCUT2D eigenvalue weighted by molar-refractivity contribution is -0.180. The number of hydrogen-bond acceptors (Lipinski definition) is 3. The first-order valence-electron chi connectivity index (χ1n) is 5.68. The van der Waals surface area contributed by atoms with Crippen LogP contribution < -0.4 is 0 Å². The molecule has 0 aromatic heterocycles. The van der Waals surface area contributed by atoms with E-state index in [0.29, 0.717) is 0 Å². The van der Waals surface area contributed by atoms with Gasteiger partial charge in [0.05, 0.1) is 0 Å². The Labute approximate surface area is 90.5 Å². The van der Waals surface area contributed by atoms with Gasteiger partial charge in [-0.2, -0.15) is 0 Å². The zero-order valence-electron chi connectivity index (χ0n) is 9.20. The Bertz CT molecular complexity index is 242. The molecular weight excluding hydrogens is 192 g/mol. The Hall–Kier alpha value is -1.12. The van der Waals surface area contributed by atoms with Gasteiger partial charge in [-0.1, -0.05) is 44.8 Å². The average Bonchev–Trinajstić information content (AvgIpc) is 2.22. The normalized spacial score (nSPS) is 16.9. The summed E-state index contributed by atoms with van der Waals surface area (Å²) in [6, 6.07) is 0. The van der Waals surface area contributed by atoms with E-state index < -0.39 is 17.9 Å². The third-order valence-electron chi connectivity index (χ3n) is 2.51. The molecule has 1 rings (SSSR count). The summed E-state index contributed by atoms with van der Waals surface area (Å²) < 4.78 is 4.23. The van der Waals surface area contributed by atoms with E-state index in [2.05, 4.69) is 11.7 Å². The summed E-state index contributed by atoms with van der Waals surface area (Å²) in [4.78, 5) is 21.5. The average molecular weight is 210 g/mol. The van der Waals surface area contributed by atoms with E-state index in [1.807, 2.05) is 6.08 Å². The van der Waals surface area contributed by atoms with Gasteiger partial charge in [-0.15, -0.1) is 0 Å². The van der Waals surface area contributed by atoms with Gasteiger partial charge < -0.3 is 4.74 Å². The summed E-state index contributed by atoms with van der Waals surface area (Å²) >= 11 is 0. The minimum Gasteiger partial charge on any atom is -0.391 e. The molecule has 0 amide bonds. The van der Waals surface area contributed by atoms with E-state index in [4.69, 9.17) is 0 Å². The fraction of sp³-hybridized carbons (Fsp3) is 0.667.